The summed E-state index contributed by atoms with van der Waals surface area (Å²) in [7, 11) is 0. The third kappa shape index (κ3) is 7.50. The van der Waals surface area contributed by atoms with Crippen LogP contribution < -0.4 is 16.0 Å². The molecule has 8 heteroatoms. The molecule has 8 nitrogen and oxygen atoms in total. The third-order valence-electron chi connectivity index (χ3n) is 8.12. The number of urea groups is 1. The van der Waals surface area contributed by atoms with Gasteiger partial charge < -0.3 is 10.6 Å². The van der Waals surface area contributed by atoms with Gasteiger partial charge in [-0.15, -0.1) is 0 Å². The first-order valence-electron chi connectivity index (χ1n) is 15.3. The lowest BCUT2D eigenvalue weighted by molar-refractivity contribution is -0.138. The highest BCUT2D eigenvalue weighted by molar-refractivity contribution is 6.39. The molecule has 2 amide bonds. The summed E-state index contributed by atoms with van der Waals surface area (Å²) >= 11 is 0. The summed E-state index contributed by atoms with van der Waals surface area (Å²) in [4.78, 5) is 40.3. The molecule has 3 aromatic carbocycles. The molecule has 1 aliphatic rings. The van der Waals surface area contributed by atoms with Gasteiger partial charge in [0.1, 0.15) is 5.82 Å². The predicted molar refractivity (Wildman–Crippen MR) is 175 cm³/mol. The fourth-order valence-corrected chi connectivity index (χ4v) is 5.66. The number of aryl methyl sites for hydroxylation is 1. The van der Waals surface area contributed by atoms with Crippen molar-refractivity contribution in [2.24, 2.45) is 5.92 Å². The first-order chi connectivity index (χ1) is 21.1. The minimum absolute atomic E-state index is 0.0345. The lowest BCUT2D eigenvalue weighted by atomic mass is 9.76. The van der Waals surface area contributed by atoms with E-state index in [2.05, 4.69) is 36.7 Å². The molecule has 2 heterocycles. The van der Waals surface area contributed by atoms with E-state index in [1.807, 2.05) is 85.8 Å². The summed E-state index contributed by atoms with van der Waals surface area (Å²) in [6.07, 6.45) is 1.67. The summed E-state index contributed by atoms with van der Waals surface area (Å²) in [5.74, 6) is -0.765. The Morgan fingerprint density at radius 1 is 0.909 bits per heavy atom. The molecule has 1 aromatic heterocycles. The Labute approximate surface area is 259 Å². The number of carbonyl (C=O) groups is 3. The molecule has 1 aliphatic heterocycles. The maximum absolute atomic E-state index is 13.7. The lowest BCUT2D eigenvalue weighted by Crippen LogP contribution is -2.36. The zero-order chi connectivity index (χ0) is 31.3. The van der Waals surface area contributed by atoms with Crippen LogP contribution in [0.25, 0.3) is 5.69 Å². The Hall–Kier alpha value is -4.56. The van der Waals surface area contributed by atoms with E-state index in [4.69, 9.17) is 5.10 Å². The second kappa shape index (κ2) is 13.4. The maximum Gasteiger partial charge on any atom is 0.324 e. The molecule has 228 valence electrons. The van der Waals surface area contributed by atoms with Crippen molar-refractivity contribution in [2.75, 3.05) is 23.7 Å². The molecule has 3 N–H and O–H groups in total. The fraction of sp³-hybridized carbons (Fsp3) is 0.333. The molecule has 4 aromatic rings. The first-order valence-corrected chi connectivity index (χ1v) is 15.3. The largest absolute Gasteiger partial charge is 0.324 e. The molecule has 1 fully saturated rings. The quantitative estimate of drug-likeness (QED) is 0.191. The molecule has 1 atom stereocenters. The molecule has 44 heavy (non-hydrogen) atoms. The number of piperidine rings is 1. The number of rotatable bonds is 9. The monoisotopic (exact) mass is 591 g/mol. The second-order valence-corrected chi connectivity index (χ2v) is 12.6. The van der Waals surface area contributed by atoms with Crippen LogP contribution in [-0.4, -0.2) is 40.5 Å². The average Bonchev–Trinajstić information content (AvgIpc) is 3.43. The van der Waals surface area contributed by atoms with Crippen LogP contribution in [0.15, 0.2) is 84.9 Å². The van der Waals surface area contributed by atoms with Crippen LogP contribution in [0.4, 0.5) is 16.3 Å². The van der Waals surface area contributed by atoms with Gasteiger partial charge in [-0.1, -0.05) is 80.9 Å². The van der Waals surface area contributed by atoms with Gasteiger partial charge in [-0.25, -0.2) is 9.48 Å². The Balaban J connectivity index is 1.37. The van der Waals surface area contributed by atoms with E-state index in [-0.39, 0.29) is 23.5 Å². The molecule has 5 rings (SSSR count). The van der Waals surface area contributed by atoms with Crippen molar-refractivity contribution in [3.05, 3.63) is 107 Å². The number of aromatic nitrogens is 2. The van der Waals surface area contributed by atoms with Gasteiger partial charge in [0.2, 0.25) is 11.6 Å². The minimum atomic E-state index is -0.574. The molecule has 1 saturated heterocycles. The van der Waals surface area contributed by atoms with Crippen molar-refractivity contribution in [3.63, 3.8) is 0 Å². The molecule has 0 aliphatic carbocycles. The predicted octanol–water partition coefficient (Wildman–Crippen LogP) is 6.59. The van der Waals surface area contributed by atoms with Crippen LogP contribution in [0, 0.1) is 12.8 Å². The standard InChI is InChI=1S/C36H41N5O3/c1-24-13-15-29(16-14-24)41-32(23-31(40-41)36(2,3)4)39-35(44)38-28-12-8-11-27(22-28)33(26-17-19-37-20-18-26)34(43)30(42)21-25-9-6-5-7-10-25/h5-16,22-23,26,33,37H,17-21H2,1-4H3,(H2,38,39,44). The van der Waals surface area contributed by atoms with E-state index >= 15 is 0 Å². The van der Waals surface area contributed by atoms with Gasteiger partial charge in [0.25, 0.3) is 0 Å². The van der Waals surface area contributed by atoms with Crippen LogP contribution in [-0.2, 0) is 21.4 Å². The van der Waals surface area contributed by atoms with Gasteiger partial charge >= 0.3 is 6.03 Å². The topological polar surface area (TPSA) is 105 Å². The number of nitrogens with one attached hydrogen (secondary N) is 3. The van der Waals surface area contributed by atoms with Gasteiger partial charge in [0, 0.05) is 23.6 Å². The van der Waals surface area contributed by atoms with E-state index in [1.54, 1.807) is 10.7 Å². The summed E-state index contributed by atoms with van der Waals surface area (Å²) in [6, 6.07) is 26.1. The Kier molecular flexibility index (Phi) is 9.40. The summed E-state index contributed by atoms with van der Waals surface area (Å²) < 4.78 is 1.74. The fourth-order valence-electron chi connectivity index (χ4n) is 5.66. The van der Waals surface area contributed by atoms with Crippen molar-refractivity contribution >= 4 is 29.1 Å². The highest BCUT2D eigenvalue weighted by Crippen LogP contribution is 2.34. The number of carbonyl (C=O) groups excluding carboxylic acids is 3. The second-order valence-electron chi connectivity index (χ2n) is 12.6. The van der Waals surface area contributed by atoms with Crippen molar-refractivity contribution < 1.29 is 14.4 Å². The van der Waals surface area contributed by atoms with Gasteiger partial charge in [-0.05, 0) is 74.2 Å². The highest BCUT2D eigenvalue weighted by atomic mass is 16.2. The average molecular weight is 592 g/mol. The van der Waals surface area contributed by atoms with Gasteiger partial charge in [-0.3, -0.25) is 14.9 Å². The van der Waals surface area contributed by atoms with E-state index < -0.39 is 17.7 Å². The zero-order valence-electron chi connectivity index (χ0n) is 25.9. The Morgan fingerprint density at radius 3 is 2.30 bits per heavy atom. The van der Waals surface area contributed by atoms with Crippen LogP contribution in [0.3, 0.4) is 0 Å². The number of hydrogen-bond acceptors (Lipinski definition) is 5. The molecule has 0 bridgehead atoms. The molecule has 0 radical (unpaired) electrons. The SMILES string of the molecule is Cc1ccc(-n2nc(C(C)(C)C)cc2NC(=O)Nc2cccc(C(C(=O)C(=O)Cc3ccccc3)C3CCNCC3)c2)cc1. The minimum Gasteiger partial charge on any atom is -0.317 e. The van der Waals surface area contributed by atoms with E-state index in [0.29, 0.717) is 11.5 Å². The van der Waals surface area contributed by atoms with Crippen molar-refractivity contribution in [1.82, 2.24) is 15.1 Å². The van der Waals surface area contributed by atoms with Gasteiger partial charge in [-0.2, -0.15) is 5.10 Å². The van der Waals surface area contributed by atoms with Crippen LogP contribution in [0.1, 0.15) is 61.9 Å². The summed E-state index contributed by atoms with van der Waals surface area (Å²) in [5, 5.41) is 14.0. The van der Waals surface area contributed by atoms with Crippen molar-refractivity contribution in [1.29, 1.82) is 0 Å². The number of anilines is 2. The lowest BCUT2D eigenvalue weighted by Gasteiger charge is -2.30. The summed E-state index contributed by atoms with van der Waals surface area (Å²) in [5.41, 5.74) is 4.70. The normalized spacial score (nSPS) is 14.5. The summed E-state index contributed by atoms with van der Waals surface area (Å²) in [6.45, 7) is 9.86. The highest BCUT2D eigenvalue weighted by Gasteiger charge is 2.34. The Bertz CT molecular complexity index is 1610. The van der Waals surface area contributed by atoms with E-state index in [0.717, 1.165) is 54.0 Å². The number of nitrogens with zero attached hydrogens (tertiary/aromatic N) is 2. The van der Waals surface area contributed by atoms with Crippen molar-refractivity contribution in [2.45, 2.75) is 58.3 Å². The Morgan fingerprint density at radius 2 is 1.61 bits per heavy atom. The van der Waals surface area contributed by atoms with Gasteiger partial charge in [0.15, 0.2) is 0 Å². The number of ketones is 2. The van der Waals surface area contributed by atoms with Crippen LogP contribution >= 0.6 is 0 Å². The number of Topliss-reactive ketones (excluding diaryl/α,β-unsaturated/α-hetero) is 2. The molecule has 0 saturated carbocycles. The van der Waals surface area contributed by atoms with E-state index in [9.17, 15) is 14.4 Å². The number of benzene rings is 3. The first kappa shape index (κ1) is 30.9. The number of hydrogen-bond donors (Lipinski definition) is 3. The van der Waals surface area contributed by atoms with E-state index in [1.165, 1.54) is 0 Å². The van der Waals surface area contributed by atoms with Crippen molar-refractivity contribution in [3.8, 4) is 5.69 Å². The molecule has 1 unspecified atom stereocenters. The third-order valence-corrected chi connectivity index (χ3v) is 8.12. The maximum atomic E-state index is 13.7. The zero-order valence-corrected chi connectivity index (χ0v) is 25.9. The molecule has 0 spiro atoms. The number of amides is 2. The molecular weight excluding hydrogens is 550 g/mol. The van der Waals surface area contributed by atoms with Gasteiger partial charge in [0.05, 0.1) is 17.3 Å². The van der Waals surface area contributed by atoms with Crippen LogP contribution in [0.2, 0.25) is 0 Å². The molecular formula is C36H41N5O3. The van der Waals surface area contributed by atoms with Crippen LogP contribution in [0.5, 0.6) is 0 Å². The smallest absolute Gasteiger partial charge is 0.317 e.